The van der Waals surface area contributed by atoms with Crippen molar-refractivity contribution in [3.63, 3.8) is 0 Å². The minimum atomic E-state index is 0.754. The maximum absolute atomic E-state index is 3.71. The summed E-state index contributed by atoms with van der Waals surface area (Å²) in [6, 6.07) is 0.754. The van der Waals surface area contributed by atoms with Crippen LogP contribution in [-0.4, -0.2) is 37.1 Å². The van der Waals surface area contributed by atoms with Crippen molar-refractivity contribution in [2.75, 3.05) is 26.2 Å². The van der Waals surface area contributed by atoms with Gasteiger partial charge < -0.3 is 10.2 Å². The monoisotopic (exact) mass is 252 g/mol. The zero-order chi connectivity index (χ0) is 13.0. The summed E-state index contributed by atoms with van der Waals surface area (Å²) in [6.07, 6.45) is 7.02. The molecule has 0 aliphatic carbocycles. The van der Waals surface area contributed by atoms with Crippen LogP contribution in [-0.2, 0) is 0 Å². The Morgan fingerprint density at radius 3 is 2.72 bits per heavy atom. The maximum Gasteiger partial charge on any atom is 0.0197 e. The van der Waals surface area contributed by atoms with E-state index in [1.807, 2.05) is 0 Å². The molecule has 3 atom stereocenters. The fourth-order valence-corrected chi connectivity index (χ4v) is 3.70. The number of piperidine rings is 1. The number of hydrogen-bond donors (Lipinski definition) is 1. The molecule has 0 aromatic carbocycles. The molecule has 2 heteroatoms. The van der Waals surface area contributed by atoms with Crippen LogP contribution in [0.4, 0.5) is 0 Å². The van der Waals surface area contributed by atoms with Gasteiger partial charge in [-0.15, -0.1) is 0 Å². The Morgan fingerprint density at radius 2 is 2.00 bits per heavy atom. The van der Waals surface area contributed by atoms with Crippen LogP contribution in [0.5, 0.6) is 0 Å². The summed E-state index contributed by atoms with van der Waals surface area (Å²) in [4.78, 5) is 2.72. The quantitative estimate of drug-likeness (QED) is 0.830. The fourth-order valence-electron chi connectivity index (χ4n) is 3.70. The minimum Gasteiger partial charge on any atom is -0.313 e. The summed E-state index contributed by atoms with van der Waals surface area (Å²) in [7, 11) is 0. The van der Waals surface area contributed by atoms with Crippen LogP contribution >= 0.6 is 0 Å². The number of hydrogen-bond acceptors (Lipinski definition) is 2. The van der Waals surface area contributed by atoms with Gasteiger partial charge in [-0.05, 0) is 69.5 Å². The summed E-state index contributed by atoms with van der Waals surface area (Å²) >= 11 is 0. The SMILES string of the molecule is CC1CCNC(CN2CCCC(C(C)C)CC2)C1. The van der Waals surface area contributed by atoms with Crippen molar-refractivity contribution in [1.82, 2.24) is 10.2 Å². The van der Waals surface area contributed by atoms with E-state index in [9.17, 15) is 0 Å². The molecule has 2 aliphatic heterocycles. The van der Waals surface area contributed by atoms with Crippen molar-refractivity contribution in [1.29, 1.82) is 0 Å². The summed E-state index contributed by atoms with van der Waals surface area (Å²) in [6.45, 7) is 12.4. The van der Waals surface area contributed by atoms with E-state index in [1.54, 1.807) is 0 Å². The Balaban J connectivity index is 1.76. The Kier molecular flexibility index (Phi) is 5.50. The van der Waals surface area contributed by atoms with Crippen LogP contribution in [0.1, 0.15) is 52.9 Å². The van der Waals surface area contributed by atoms with E-state index >= 15 is 0 Å². The topological polar surface area (TPSA) is 15.3 Å². The average molecular weight is 252 g/mol. The van der Waals surface area contributed by atoms with Gasteiger partial charge in [0.05, 0.1) is 0 Å². The zero-order valence-electron chi connectivity index (χ0n) is 12.6. The molecule has 2 rings (SSSR count). The molecule has 0 amide bonds. The second-order valence-electron chi connectivity index (χ2n) is 7.02. The van der Waals surface area contributed by atoms with E-state index in [2.05, 4.69) is 31.0 Å². The van der Waals surface area contributed by atoms with E-state index in [0.29, 0.717) is 0 Å². The van der Waals surface area contributed by atoms with Crippen LogP contribution in [0.25, 0.3) is 0 Å². The van der Waals surface area contributed by atoms with Gasteiger partial charge in [0.2, 0.25) is 0 Å². The second-order valence-corrected chi connectivity index (χ2v) is 7.02. The lowest BCUT2D eigenvalue weighted by Gasteiger charge is -2.32. The number of nitrogens with zero attached hydrogens (tertiary/aromatic N) is 1. The summed E-state index contributed by atoms with van der Waals surface area (Å²) in [5, 5.41) is 3.71. The van der Waals surface area contributed by atoms with Crippen molar-refractivity contribution >= 4 is 0 Å². The minimum absolute atomic E-state index is 0.754. The molecule has 0 aromatic rings. The van der Waals surface area contributed by atoms with E-state index < -0.39 is 0 Å². The lowest BCUT2D eigenvalue weighted by atomic mass is 9.89. The molecule has 3 unspecified atom stereocenters. The normalized spacial score (nSPS) is 35.7. The first-order valence-electron chi connectivity index (χ1n) is 8.11. The van der Waals surface area contributed by atoms with Gasteiger partial charge in [0.15, 0.2) is 0 Å². The lowest BCUT2D eigenvalue weighted by Crippen LogP contribution is -2.45. The molecule has 18 heavy (non-hydrogen) atoms. The van der Waals surface area contributed by atoms with Gasteiger partial charge in [0, 0.05) is 12.6 Å². The highest BCUT2D eigenvalue weighted by Gasteiger charge is 2.23. The molecular weight excluding hydrogens is 220 g/mol. The molecule has 0 spiro atoms. The van der Waals surface area contributed by atoms with Crippen molar-refractivity contribution in [3.8, 4) is 0 Å². The Hall–Kier alpha value is -0.0800. The predicted molar refractivity (Wildman–Crippen MR) is 78.8 cm³/mol. The number of nitrogens with one attached hydrogen (secondary N) is 1. The predicted octanol–water partition coefficient (Wildman–Crippen LogP) is 3.13. The molecule has 2 nitrogen and oxygen atoms in total. The third kappa shape index (κ3) is 4.24. The molecule has 106 valence electrons. The van der Waals surface area contributed by atoms with Crippen molar-refractivity contribution in [2.24, 2.45) is 17.8 Å². The third-order valence-electron chi connectivity index (χ3n) is 5.04. The van der Waals surface area contributed by atoms with Crippen LogP contribution in [0.2, 0.25) is 0 Å². The Bertz CT molecular complexity index is 239. The molecule has 0 radical (unpaired) electrons. The fraction of sp³-hybridized carbons (Fsp3) is 1.00. The zero-order valence-corrected chi connectivity index (χ0v) is 12.6. The van der Waals surface area contributed by atoms with E-state index in [4.69, 9.17) is 0 Å². The first kappa shape index (κ1) is 14.3. The van der Waals surface area contributed by atoms with Crippen molar-refractivity contribution < 1.29 is 0 Å². The van der Waals surface area contributed by atoms with E-state index in [1.165, 1.54) is 58.3 Å². The number of rotatable bonds is 3. The van der Waals surface area contributed by atoms with Gasteiger partial charge in [-0.25, -0.2) is 0 Å². The van der Waals surface area contributed by atoms with Gasteiger partial charge in [-0.1, -0.05) is 20.8 Å². The first-order valence-corrected chi connectivity index (χ1v) is 8.11. The molecule has 0 aromatic heterocycles. The molecule has 1 N–H and O–H groups in total. The third-order valence-corrected chi connectivity index (χ3v) is 5.04. The van der Waals surface area contributed by atoms with Gasteiger partial charge in [-0.2, -0.15) is 0 Å². The molecule has 2 fully saturated rings. The molecule has 0 saturated carbocycles. The van der Waals surface area contributed by atoms with Crippen LogP contribution in [0.15, 0.2) is 0 Å². The summed E-state index contributed by atoms with van der Waals surface area (Å²) in [5.74, 6) is 2.76. The smallest absolute Gasteiger partial charge is 0.0197 e. The molecule has 2 saturated heterocycles. The average Bonchev–Trinajstić information content (AvgIpc) is 2.55. The van der Waals surface area contributed by atoms with Gasteiger partial charge in [0.1, 0.15) is 0 Å². The maximum atomic E-state index is 3.71. The largest absolute Gasteiger partial charge is 0.313 e. The van der Waals surface area contributed by atoms with Crippen LogP contribution in [0, 0.1) is 17.8 Å². The van der Waals surface area contributed by atoms with Crippen LogP contribution < -0.4 is 5.32 Å². The molecule has 0 bridgehead atoms. The van der Waals surface area contributed by atoms with Gasteiger partial charge in [0.25, 0.3) is 0 Å². The highest BCUT2D eigenvalue weighted by molar-refractivity contribution is 4.81. The van der Waals surface area contributed by atoms with Gasteiger partial charge in [-0.3, -0.25) is 0 Å². The summed E-state index contributed by atoms with van der Waals surface area (Å²) < 4.78 is 0. The lowest BCUT2D eigenvalue weighted by molar-refractivity contribution is 0.207. The van der Waals surface area contributed by atoms with Crippen LogP contribution in [0.3, 0.4) is 0 Å². The van der Waals surface area contributed by atoms with Crippen molar-refractivity contribution in [2.45, 2.75) is 58.9 Å². The second kappa shape index (κ2) is 6.91. The van der Waals surface area contributed by atoms with E-state index in [-0.39, 0.29) is 0 Å². The van der Waals surface area contributed by atoms with E-state index in [0.717, 1.165) is 23.8 Å². The number of likely N-dealkylation sites (tertiary alicyclic amines) is 1. The summed E-state index contributed by atoms with van der Waals surface area (Å²) in [5.41, 5.74) is 0. The first-order chi connectivity index (χ1) is 8.65. The highest BCUT2D eigenvalue weighted by atomic mass is 15.1. The Morgan fingerprint density at radius 1 is 1.17 bits per heavy atom. The van der Waals surface area contributed by atoms with Gasteiger partial charge >= 0.3 is 0 Å². The molecular formula is C16H32N2. The Labute approximate surface area is 114 Å². The highest BCUT2D eigenvalue weighted by Crippen LogP contribution is 2.25. The standard InChI is InChI=1S/C16H32N2/c1-13(2)15-5-4-9-18(10-7-15)12-16-11-14(3)6-8-17-16/h13-17H,4-12H2,1-3H3. The molecule has 2 heterocycles. The molecule has 2 aliphatic rings. The van der Waals surface area contributed by atoms with Crippen molar-refractivity contribution in [3.05, 3.63) is 0 Å².